The Bertz CT molecular complexity index is 890. The predicted molar refractivity (Wildman–Crippen MR) is 99.9 cm³/mol. The molecule has 1 aliphatic rings. The number of amides is 2. The maximum absolute atomic E-state index is 12.8. The van der Waals surface area contributed by atoms with E-state index in [0.29, 0.717) is 24.2 Å². The molecule has 3 rings (SSSR count). The molecule has 4 N–H and O–H groups in total. The summed E-state index contributed by atoms with van der Waals surface area (Å²) in [5, 5.41) is 5.28. The number of carbonyl (C=O) groups is 2. The summed E-state index contributed by atoms with van der Waals surface area (Å²) in [6.45, 7) is 0. The van der Waals surface area contributed by atoms with Gasteiger partial charge in [0, 0.05) is 16.9 Å². The largest absolute Gasteiger partial charge is 0.416 e. The fourth-order valence-electron chi connectivity index (χ4n) is 3.20. The summed E-state index contributed by atoms with van der Waals surface area (Å²) in [4.78, 5) is 24.7. The number of rotatable bonds is 4. The van der Waals surface area contributed by atoms with Crippen molar-refractivity contribution in [2.75, 3.05) is 10.6 Å². The molecule has 2 aromatic carbocycles. The van der Waals surface area contributed by atoms with Crippen molar-refractivity contribution in [1.82, 2.24) is 0 Å². The zero-order valence-corrected chi connectivity index (χ0v) is 15.0. The van der Waals surface area contributed by atoms with Crippen molar-refractivity contribution in [2.24, 2.45) is 5.73 Å². The monoisotopic (exact) mass is 391 g/mol. The van der Waals surface area contributed by atoms with E-state index in [2.05, 4.69) is 10.6 Å². The number of hydrogen-bond donors (Lipinski definition) is 3. The van der Waals surface area contributed by atoms with Gasteiger partial charge in [-0.2, -0.15) is 13.2 Å². The number of hydrogen-bond acceptors (Lipinski definition) is 3. The molecule has 0 radical (unpaired) electrons. The van der Waals surface area contributed by atoms with Crippen molar-refractivity contribution in [3.8, 4) is 0 Å². The van der Waals surface area contributed by atoms with Gasteiger partial charge < -0.3 is 16.4 Å². The number of nitrogens with one attached hydrogen (secondary N) is 2. The van der Waals surface area contributed by atoms with Crippen molar-refractivity contribution < 1.29 is 22.8 Å². The molecule has 28 heavy (non-hydrogen) atoms. The van der Waals surface area contributed by atoms with Crippen LogP contribution in [0.25, 0.3) is 0 Å². The van der Waals surface area contributed by atoms with Crippen LogP contribution in [0.3, 0.4) is 0 Å². The van der Waals surface area contributed by atoms with Gasteiger partial charge in [-0.3, -0.25) is 9.59 Å². The second-order valence-corrected chi connectivity index (χ2v) is 6.93. The van der Waals surface area contributed by atoms with Crippen LogP contribution in [0.15, 0.2) is 48.5 Å². The summed E-state index contributed by atoms with van der Waals surface area (Å²) >= 11 is 0. The molecule has 0 atom stereocenters. The van der Waals surface area contributed by atoms with E-state index in [-0.39, 0.29) is 11.5 Å². The quantitative estimate of drug-likeness (QED) is 0.731. The van der Waals surface area contributed by atoms with Gasteiger partial charge in [0.1, 0.15) is 0 Å². The van der Waals surface area contributed by atoms with Crippen molar-refractivity contribution in [3.63, 3.8) is 0 Å². The third-order valence-electron chi connectivity index (χ3n) is 4.78. The Morgan fingerprint density at radius 3 is 2.18 bits per heavy atom. The Morgan fingerprint density at radius 1 is 0.929 bits per heavy atom. The standard InChI is InChI=1S/C20H20F3N3O2/c21-20(22,23)14-6-3-5-13(11-14)17(27)25-15-7-4-8-16(12-15)26-18(28)19(24)9-1-2-10-19/h3-8,11-12H,1-2,9-10,24H2,(H,25,27)(H,26,28). The van der Waals surface area contributed by atoms with Gasteiger partial charge in [0.05, 0.1) is 11.1 Å². The normalized spacial score (nSPS) is 15.9. The summed E-state index contributed by atoms with van der Waals surface area (Å²) in [5.74, 6) is -0.966. The number of nitrogens with two attached hydrogens (primary N) is 1. The van der Waals surface area contributed by atoms with Crippen LogP contribution < -0.4 is 16.4 Å². The number of benzene rings is 2. The van der Waals surface area contributed by atoms with Crippen LogP contribution >= 0.6 is 0 Å². The van der Waals surface area contributed by atoms with Crippen LogP contribution in [-0.2, 0) is 11.0 Å². The number of carbonyl (C=O) groups excluding carboxylic acids is 2. The zero-order chi connectivity index (χ0) is 20.4. The van der Waals surface area contributed by atoms with Crippen molar-refractivity contribution in [3.05, 3.63) is 59.7 Å². The van der Waals surface area contributed by atoms with E-state index in [1.54, 1.807) is 18.2 Å². The lowest BCUT2D eigenvalue weighted by atomic mass is 9.98. The van der Waals surface area contributed by atoms with Gasteiger partial charge in [-0.15, -0.1) is 0 Å². The maximum Gasteiger partial charge on any atom is 0.416 e. The van der Waals surface area contributed by atoms with Crippen LogP contribution in [0.2, 0.25) is 0 Å². The van der Waals surface area contributed by atoms with Gasteiger partial charge in [-0.1, -0.05) is 25.0 Å². The molecule has 0 aliphatic heterocycles. The minimum absolute atomic E-state index is 0.115. The van der Waals surface area contributed by atoms with Gasteiger partial charge in [0.15, 0.2) is 0 Å². The lowest BCUT2D eigenvalue weighted by Crippen LogP contribution is -2.48. The van der Waals surface area contributed by atoms with E-state index in [0.717, 1.165) is 25.0 Å². The second kappa shape index (κ2) is 7.63. The van der Waals surface area contributed by atoms with E-state index >= 15 is 0 Å². The second-order valence-electron chi connectivity index (χ2n) is 6.93. The fraction of sp³-hybridized carbons (Fsp3) is 0.300. The van der Waals surface area contributed by atoms with E-state index in [1.807, 2.05) is 0 Å². The van der Waals surface area contributed by atoms with Crippen LogP contribution in [0.5, 0.6) is 0 Å². The summed E-state index contributed by atoms with van der Waals surface area (Å²) < 4.78 is 38.4. The minimum atomic E-state index is -4.53. The topological polar surface area (TPSA) is 84.2 Å². The summed E-state index contributed by atoms with van der Waals surface area (Å²) in [7, 11) is 0. The molecule has 1 fully saturated rings. The highest BCUT2D eigenvalue weighted by Crippen LogP contribution is 2.30. The SMILES string of the molecule is NC1(C(=O)Nc2cccc(NC(=O)c3cccc(C(F)(F)F)c3)c2)CCCC1. The molecule has 0 saturated heterocycles. The van der Waals surface area contributed by atoms with Crippen LogP contribution in [0.4, 0.5) is 24.5 Å². The lowest BCUT2D eigenvalue weighted by Gasteiger charge is -2.22. The highest BCUT2D eigenvalue weighted by atomic mass is 19.4. The molecule has 0 aromatic heterocycles. The summed E-state index contributed by atoms with van der Waals surface area (Å²) in [5.41, 5.74) is 5.01. The van der Waals surface area contributed by atoms with Crippen molar-refractivity contribution >= 4 is 23.2 Å². The molecule has 8 heteroatoms. The molecule has 2 amide bonds. The molecular formula is C20H20F3N3O2. The first-order valence-corrected chi connectivity index (χ1v) is 8.86. The molecule has 1 saturated carbocycles. The van der Waals surface area contributed by atoms with E-state index in [1.165, 1.54) is 18.2 Å². The summed E-state index contributed by atoms with van der Waals surface area (Å²) in [6, 6.07) is 10.5. The Balaban J connectivity index is 1.71. The Morgan fingerprint density at radius 2 is 1.54 bits per heavy atom. The molecule has 0 heterocycles. The average Bonchev–Trinajstić information content (AvgIpc) is 3.09. The van der Waals surface area contributed by atoms with E-state index < -0.39 is 23.2 Å². The Labute approximate surface area is 160 Å². The Kier molecular flexibility index (Phi) is 5.42. The smallest absolute Gasteiger partial charge is 0.324 e. The van der Waals surface area contributed by atoms with Crippen LogP contribution in [-0.4, -0.2) is 17.4 Å². The van der Waals surface area contributed by atoms with Gasteiger partial charge in [0.25, 0.3) is 5.91 Å². The van der Waals surface area contributed by atoms with Crippen LogP contribution in [0.1, 0.15) is 41.6 Å². The van der Waals surface area contributed by atoms with Crippen molar-refractivity contribution in [1.29, 1.82) is 0 Å². The first-order chi connectivity index (χ1) is 13.2. The summed E-state index contributed by atoms with van der Waals surface area (Å²) in [6.07, 6.45) is -1.50. The number of alkyl halides is 3. The highest BCUT2D eigenvalue weighted by Gasteiger charge is 2.37. The molecule has 0 unspecified atom stereocenters. The number of halogens is 3. The molecule has 2 aromatic rings. The van der Waals surface area contributed by atoms with E-state index in [9.17, 15) is 22.8 Å². The maximum atomic E-state index is 12.8. The lowest BCUT2D eigenvalue weighted by molar-refractivity contribution is -0.137. The first kappa shape index (κ1) is 19.9. The third kappa shape index (κ3) is 4.51. The highest BCUT2D eigenvalue weighted by molar-refractivity contribution is 6.05. The molecular weight excluding hydrogens is 371 g/mol. The predicted octanol–water partition coefficient (Wildman–Crippen LogP) is 4.17. The first-order valence-electron chi connectivity index (χ1n) is 8.86. The molecule has 1 aliphatic carbocycles. The van der Waals surface area contributed by atoms with Gasteiger partial charge in [-0.25, -0.2) is 0 Å². The van der Waals surface area contributed by atoms with Crippen molar-refractivity contribution in [2.45, 2.75) is 37.4 Å². The number of anilines is 2. The van der Waals surface area contributed by atoms with Crippen LogP contribution in [0, 0.1) is 0 Å². The zero-order valence-electron chi connectivity index (χ0n) is 15.0. The Hall–Kier alpha value is -2.87. The molecule has 0 spiro atoms. The fourth-order valence-corrected chi connectivity index (χ4v) is 3.20. The minimum Gasteiger partial charge on any atom is -0.324 e. The third-order valence-corrected chi connectivity index (χ3v) is 4.78. The van der Waals surface area contributed by atoms with Gasteiger partial charge in [-0.05, 0) is 49.2 Å². The van der Waals surface area contributed by atoms with Gasteiger partial charge in [0.2, 0.25) is 5.91 Å². The molecule has 0 bridgehead atoms. The van der Waals surface area contributed by atoms with E-state index in [4.69, 9.17) is 5.73 Å². The molecule has 148 valence electrons. The van der Waals surface area contributed by atoms with Gasteiger partial charge >= 0.3 is 6.18 Å². The molecule has 5 nitrogen and oxygen atoms in total. The average molecular weight is 391 g/mol.